The highest BCUT2D eigenvalue weighted by Crippen LogP contribution is 2.30. The van der Waals surface area contributed by atoms with E-state index in [1.54, 1.807) is 0 Å². The molecule has 0 aromatic heterocycles. The summed E-state index contributed by atoms with van der Waals surface area (Å²) in [5.41, 5.74) is 48.1. The number of aliphatic hydroxyl groups is 6. The fourth-order valence-electron chi connectivity index (χ4n) is 7.81. The number of ether oxygens (including phenoxy) is 6. The lowest BCUT2D eigenvalue weighted by Gasteiger charge is -2.46. The van der Waals surface area contributed by atoms with Crippen LogP contribution in [0, 0.1) is 0 Å². The summed E-state index contributed by atoms with van der Waals surface area (Å²) in [5.74, 6) is -0.873. The lowest BCUT2D eigenvalue weighted by atomic mass is 9.84. The van der Waals surface area contributed by atoms with Gasteiger partial charge in [-0.05, 0) is 25.7 Å². The van der Waals surface area contributed by atoms with Gasteiger partial charge in [-0.1, -0.05) is 19.3 Å². The van der Waals surface area contributed by atoms with Crippen LogP contribution in [0.2, 0.25) is 0 Å². The van der Waals surface area contributed by atoms with Crippen molar-refractivity contribution in [3.63, 3.8) is 0 Å². The van der Waals surface area contributed by atoms with Gasteiger partial charge >= 0.3 is 0 Å². The molecule has 24 N–H and O–H groups in total. The molecule has 4 fully saturated rings. The van der Waals surface area contributed by atoms with Crippen molar-refractivity contribution < 1.29 is 68.6 Å². The highest BCUT2D eigenvalue weighted by Gasteiger charge is 2.50. The molecule has 0 aromatic rings. The predicted octanol–water partition coefficient (Wildman–Crippen LogP) is -8.99. The number of hydrogen-bond acceptors (Lipinski definition) is 22. The summed E-state index contributed by atoms with van der Waals surface area (Å²) >= 11 is 0. The van der Waals surface area contributed by atoms with Crippen molar-refractivity contribution in [2.75, 3.05) is 39.4 Å². The van der Waals surface area contributed by atoms with Gasteiger partial charge < -0.3 is 116 Å². The normalized spacial score (nSPS) is 42.9. The Labute approximate surface area is 343 Å². The molecular formula is C35H70N10O14. The summed E-state index contributed by atoms with van der Waals surface area (Å²) in [6.07, 6.45) is -12.4. The summed E-state index contributed by atoms with van der Waals surface area (Å²) < 4.78 is 34.8. The summed E-state index contributed by atoms with van der Waals surface area (Å²) in [4.78, 5) is 25.2. The number of nitrogens with one attached hydrogen (secondary N) is 2. The third kappa shape index (κ3) is 13.1. The van der Waals surface area contributed by atoms with Crippen LogP contribution in [0.25, 0.3) is 0 Å². The molecule has 344 valence electrons. The Morgan fingerprint density at radius 2 is 0.864 bits per heavy atom. The maximum absolute atomic E-state index is 12.6. The average molecular weight is 855 g/mol. The van der Waals surface area contributed by atoms with Gasteiger partial charge in [-0.3, -0.25) is 9.59 Å². The Morgan fingerprint density at radius 3 is 1.22 bits per heavy atom. The quantitative estimate of drug-likeness (QED) is 0.0506. The molecule has 24 heteroatoms. The van der Waals surface area contributed by atoms with Crippen molar-refractivity contribution in [1.82, 2.24) is 10.6 Å². The summed E-state index contributed by atoms with van der Waals surface area (Å²) in [5, 5.41) is 68.2. The lowest BCUT2D eigenvalue weighted by molar-refractivity contribution is -0.290. The van der Waals surface area contributed by atoms with Crippen molar-refractivity contribution in [1.29, 1.82) is 0 Å². The molecule has 0 aromatic carbocycles. The molecule has 20 atom stereocenters. The fraction of sp³-hybridized carbons (Fsp3) is 0.943. The molecule has 0 bridgehead atoms. The predicted molar refractivity (Wildman–Crippen MR) is 207 cm³/mol. The molecule has 2 aliphatic heterocycles. The monoisotopic (exact) mass is 855 g/mol. The van der Waals surface area contributed by atoms with Gasteiger partial charge in [0, 0.05) is 50.3 Å². The molecule has 0 unspecified atom stereocenters. The van der Waals surface area contributed by atoms with Crippen LogP contribution in [0.3, 0.4) is 0 Å². The van der Waals surface area contributed by atoms with Gasteiger partial charge in [0.25, 0.3) is 0 Å². The molecule has 4 aliphatic rings. The van der Waals surface area contributed by atoms with E-state index in [0.717, 1.165) is 19.3 Å². The molecule has 2 amide bonds. The van der Waals surface area contributed by atoms with Gasteiger partial charge in [0.1, 0.15) is 74.3 Å². The number of unbranched alkanes of at least 4 members (excludes halogenated alkanes) is 4. The number of rotatable bonds is 20. The molecular weight excluding hydrogens is 784 g/mol. The largest absolute Gasteiger partial charge is 0.389 e. The van der Waals surface area contributed by atoms with Gasteiger partial charge in [-0.25, -0.2) is 0 Å². The number of aliphatic hydroxyl groups excluding tert-OH is 6. The third-order valence-electron chi connectivity index (χ3n) is 11.5. The first-order valence-corrected chi connectivity index (χ1v) is 20.4. The molecule has 2 heterocycles. The molecule has 2 saturated heterocycles. The number of nitrogens with two attached hydrogens (primary N) is 8. The molecule has 0 radical (unpaired) electrons. The second-order valence-corrected chi connectivity index (χ2v) is 16.0. The third-order valence-corrected chi connectivity index (χ3v) is 11.5. The second kappa shape index (κ2) is 23.5. The van der Waals surface area contributed by atoms with Gasteiger partial charge in [0.2, 0.25) is 11.8 Å². The SMILES string of the molecule is NC[C@H]1O[C@H](O[C@H]2[C@H](OCC(=O)NCCCCCCCNC(=O)CO[C@@H]3[C@@H](O)[C@H](N)C[C@H](N)[C@H]3O[C@H]3O[C@H](CN)[C@@H](O)[C@H](O)[C@H]3N)[C@@H](O)[C@H](N)C[C@@H]2N)[C@H](N)[C@@H](O)[C@@H]1O. The second-order valence-electron chi connectivity index (χ2n) is 16.0. The van der Waals surface area contributed by atoms with E-state index in [9.17, 15) is 40.2 Å². The number of carbonyl (C=O) groups is 2. The Balaban J connectivity index is 1.11. The minimum absolute atomic E-state index is 0.115. The van der Waals surface area contributed by atoms with E-state index in [1.807, 2.05) is 0 Å². The molecule has 4 rings (SSSR count). The van der Waals surface area contributed by atoms with Crippen molar-refractivity contribution in [3.05, 3.63) is 0 Å². The number of amides is 2. The van der Waals surface area contributed by atoms with Crippen LogP contribution < -0.4 is 56.5 Å². The van der Waals surface area contributed by atoms with Crippen molar-refractivity contribution in [2.24, 2.45) is 45.9 Å². The van der Waals surface area contributed by atoms with Crippen LogP contribution >= 0.6 is 0 Å². The van der Waals surface area contributed by atoms with Crippen molar-refractivity contribution in [3.8, 4) is 0 Å². The standard InChI is InChI=1S/C35H70N10O14/c36-10-18-26(50)28(52)22(42)34(56-18)58-30-16(40)8-14(38)24(48)32(30)54-12-20(46)44-6-4-2-1-3-5-7-45-21(47)13-55-33-25(49)15(39)9-17(41)31(33)59-35-23(43)29(53)27(51)19(11-37)57-35/h14-19,22-35,48-53H,1-13,36-43H2,(H,44,46)(H,45,47)/t14-,15-,16+,17+,18-,19-,22-,23-,24+,25+,26-,27-,28-,29-,30-,31-,32-,33-,34-,35-/m1/s1. The smallest absolute Gasteiger partial charge is 0.246 e. The summed E-state index contributed by atoms with van der Waals surface area (Å²) in [6, 6.07) is -5.28. The first-order valence-electron chi connectivity index (χ1n) is 20.4. The van der Waals surface area contributed by atoms with Crippen LogP contribution in [0.15, 0.2) is 0 Å². The van der Waals surface area contributed by atoms with E-state index in [2.05, 4.69) is 10.6 Å². The molecule has 24 nitrogen and oxygen atoms in total. The molecule has 0 spiro atoms. The zero-order valence-electron chi connectivity index (χ0n) is 33.3. The minimum Gasteiger partial charge on any atom is -0.389 e. The Morgan fingerprint density at radius 1 is 0.508 bits per heavy atom. The Kier molecular flexibility index (Phi) is 19.9. The highest BCUT2D eigenvalue weighted by molar-refractivity contribution is 5.77. The number of hydrogen-bond donors (Lipinski definition) is 16. The van der Waals surface area contributed by atoms with Crippen LogP contribution in [0.5, 0.6) is 0 Å². The van der Waals surface area contributed by atoms with Crippen LogP contribution in [-0.2, 0) is 38.0 Å². The van der Waals surface area contributed by atoms with Crippen LogP contribution in [0.1, 0.15) is 44.9 Å². The molecule has 2 saturated carbocycles. The fourth-order valence-corrected chi connectivity index (χ4v) is 7.81. The molecule has 59 heavy (non-hydrogen) atoms. The highest BCUT2D eigenvalue weighted by atomic mass is 16.7. The summed E-state index contributed by atoms with van der Waals surface area (Å²) in [6.45, 7) is -0.334. The van der Waals surface area contributed by atoms with Gasteiger partial charge in [0.15, 0.2) is 12.6 Å². The van der Waals surface area contributed by atoms with Crippen molar-refractivity contribution in [2.45, 2.75) is 167 Å². The Bertz CT molecular complexity index is 1190. The van der Waals surface area contributed by atoms with E-state index in [0.29, 0.717) is 25.9 Å². The summed E-state index contributed by atoms with van der Waals surface area (Å²) in [7, 11) is 0. The maximum atomic E-state index is 12.6. The average Bonchev–Trinajstić information content (AvgIpc) is 3.20. The first-order chi connectivity index (χ1) is 28.0. The van der Waals surface area contributed by atoms with E-state index in [-0.39, 0.29) is 25.9 Å². The number of carbonyl (C=O) groups excluding carboxylic acids is 2. The van der Waals surface area contributed by atoms with Crippen LogP contribution in [0.4, 0.5) is 0 Å². The van der Waals surface area contributed by atoms with Gasteiger partial charge in [-0.15, -0.1) is 0 Å². The van der Waals surface area contributed by atoms with E-state index < -0.39 is 147 Å². The van der Waals surface area contributed by atoms with Crippen LogP contribution in [-0.4, -0.2) is 204 Å². The minimum atomic E-state index is -1.39. The zero-order valence-corrected chi connectivity index (χ0v) is 33.3. The topological polar surface area (TPSA) is 443 Å². The van der Waals surface area contributed by atoms with E-state index in [1.165, 1.54) is 0 Å². The molecule has 2 aliphatic carbocycles. The zero-order chi connectivity index (χ0) is 43.6. The van der Waals surface area contributed by atoms with E-state index in [4.69, 9.17) is 74.3 Å². The first kappa shape index (κ1) is 49.8. The maximum Gasteiger partial charge on any atom is 0.246 e. The van der Waals surface area contributed by atoms with Gasteiger partial charge in [-0.2, -0.15) is 0 Å². The Hall–Kier alpha value is -1.86. The van der Waals surface area contributed by atoms with Gasteiger partial charge in [0.05, 0.1) is 24.3 Å². The lowest BCUT2D eigenvalue weighted by Crippen LogP contribution is -2.68. The van der Waals surface area contributed by atoms with Crippen molar-refractivity contribution >= 4 is 11.8 Å². The van der Waals surface area contributed by atoms with E-state index >= 15 is 0 Å².